The molecule has 72 heavy (non-hydrogen) atoms. The summed E-state index contributed by atoms with van der Waals surface area (Å²) >= 11 is 0. The number of imidazole rings is 1. The molecule has 10 rings (SSSR count). The Morgan fingerprint density at radius 1 is 0.361 bits per heavy atom. The third kappa shape index (κ3) is 8.49. The highest BCUT2D eigenvalue weighted by atomic mass is 15.2. The summed E-state index contributed by atoms with van der Waals surface area (Å²) in [5.41, 5.74) is 22.8. The topological polar surface area (TPSA) is 24.3 Å². The second-order valence-corrected chi connectivity index (χ2v) is 27.2. The summed E-state index contributed by atoms with van der Waals surface area (Å²) in [6.45, 7) is 41.9. The van der Waals surface area contributed by atoms with Crippen LogP contribution in [-0.2, 0) is 32.5 Å². The lowest BCUT2D eigenvalue weighted by Crippen LogP contribution is -2.61. The van der Waals surface area contributed by atoms with E-state index < -0.39 is 0 Å². The van der Waals surface area contributed by atoms with Crippen LogP contribution in [0.1, 0.15) is 158 Å². The van der Waals surface area contributed by atoms with Gasteiger partial charge in [0.05, 0.1) is 11.2 Å². The average Bonchev–Trinajstić information content (AvgIpc) is 3.70. The van der Waals surface area contributed by atoms with Crippen molar-refractivity contribution in [2.45, 2.75) is 157 Å². The molecule has 0 fully saturated rings. The highest BCUT2D eigenvalue weighted by molar-refractivity contribution is 7.00. The molecule has 5 heteroatoms. The summed E-state index contributed by atoms with van der Waals surface area (Å²) in [5, 5.41) is 0. The minimum atomic E-state index is -0.164. The first-order chi connectivity index (χ1) is 33.5. The van der Waals surface area contributed by atoms with E-state index in [1.54, 1.807) is 0 Å². The Balaban J connectivity index is 1.39. The van der Waals surface area contributed by atoms with Crippen LogP contribution < -0.4 is 26.2 Å². The first kappa shape index (κ1) is 49.3. The van der Waals surface area contributed by atoms with Crippen LogP contribution in [0.15, 0.2) is 140 Å². The van der Waals surface area contributed by atoms with Crippen LogP contribution in [-0.4, -0.2) is 16.3 Å². The van der Waals surface area contributed by atoms with Crippen LogP contribution in [0.5, 0.6) is 0 Å². The van der Waals surface area contributed by atoms with Crippen molar-refractivity contribution in [1.82, 2.24) is 9.55 Å². The summed E-state index contributed by atoms with van der Waals surface area (Å²) in [4.78, 5) is 11.1. The highest BCUT2D eigenvalue weighted by Gasteiger charge is 2.46. The van der Waals surface area contributed by atoms with Gasteiger partial charge < -0.3 is 9.80 Å². The van der Waals surface area contributed by atoms with E-state index in [0.717, 1.165) is 39.5 Å². The summed E-state index contributed by atoms with van der Waals surface area (Å²) in [5.74, 6) is 0.931. The fourth-order valence-electron chi connectivity index (χ4n) is 10.9. The molecule has 0 aliphatic carbocycles. The van der Waals surface area contributed by atoms with Crippen LogP contribution in [0.25, 0.3) is 28.1 Å². The third-order valence-electron chi connectivity index (χ3n) is 15.5. The number of hydrogen-bond acceptors (Lipinski definition) is 3. The Labute approximate surface area is 432 Å². The predicted octanol–water partition coefficient (Wildman–Crippen LogP) is 16.6. The molecule has 0 unspecified atom stereocenters. The second-order valence-electron chi connectivity index (χ2n) is 27.2. The molecule has 2 aliphatic rings. The first-order valence-electron chi connectivity index (χ1n) is 26.4. The van der Waals surface area contributed by atoms with Gasteiger partial charge in [-0.1, -0.05) is 203 Å². The quantitative estimate of drug-likeness (QED) is 0.164. The molecular weight excluding hydrogens is 872 g/mol. The maximum atomic E-state index is 5.93. The smallest absolute Gasteiger partial charge is 0.252 e. The number of fused-ring (bicyclic) bond motifs is 6. The zero-order valence-electron chi connectivity index (χ0n) is 46.6. The molecule has 0 amide bonds. The molecule has 0 saturated heterocycles. The van der Waals surface area contributed by atoms with E-state index in [2.05, 4.69) is 279 Å². The molecular formula is C67H77BN4. The lowest BCUT2D eigenvalue weighted by Gasteiger charge is -2.45. The summed E-state index contributed by atoms with van der Waals surface area (Å²) < 4.78 is 2.41. The summed E-state index contributed by atoms with van der Waals surface area (Å²) in [7, 11) is 0. The van der Waals surface area contributed by atoms with E-state index in [1.165, 1.54) is 72.5 Å². The van der Waals surface area contributed by atoms with Crippen LogP contribution >= 0.6 is 0 Å². The van der Waals surface area contributed by atoms with E-state index >= 15 is 0 Å². The lowest BCUT2D eigenvalue weighted by atomic mass is 9.33. The van der Waals surface area contributed by atoms with Gasteiger partial charge in [-0.05, 0) is 143 Å². The van der Waals surface area contributed by atoms with Crippen molar-refractivity contribution in [3.63, 3.8) is 0 Å². The van der Waals surface area contributed by atoms with Gasteiger partial charge in [0, 0.05) is 39.7 Å². The standard InChI is InChI=1S/C67H77BN4/c1-62(2,3)43-24-29-49(30-25-43)70-54-34-28-45(64(7,8)9)39-53(54)68-52-33-35-55-59(69-61(42-22-20-19-21-23-42)72(55)50-31-26-44(27-32-50)63(4,5)6)60(52)71(57-41-48(67(16,17)18)40-56(70)58(57)68)51-37-46(65(10,11)12)36-47(38-51)66(13,14)15/h19-41H,1-18H3. The van der Waals surface area contributed by atoms with E-state index in [-0.39, 0.29) is 39.2 Å². The van der Waals surface area contributed by atoms with Crippen molar-refractivity contribution in [3.05, 3.63) is 173 Å². The van der Waals surface area contributed by atoms with E-state index in [0.29, 0.717) is 0 Å². The van der Waals surface area contributed by atoms with Crippen molar-refractivity contribution < 1.29 is 0 Å². The van der Waals surface area contributed by atoms with E-state index in [9.17, 15) is 0 Å². The Morgan fingerprint density at radius 3 is 1.35 bits per heavy atom. The first-order valence-corrected chi connectivity index (χ1v) is 26.4. The Morgan fingerprint density at radius 2 is 0.833 bits per heavy atom. The lowest BCUT2D eigenvalue weighted by molar-refractivity contribution is 0.568. The fraction of sp³-hybridized carbons (Fsp3) is 0.358. The number of nitrogens with zero attached hydrogens (tertiary/aromatic N) is 4. The molecule has 1 aromatic heterocycles. The molecule has 8 aromatic rings. The molecule has 368 valence electrons. The predicted molar refractivity (Wildman–Crippen MR) is 313 cm³/mol. The molecule has 7 aromatic carbocycles. The number of aromatic nitrogens is 2. The van der Waals surface area contributed by atoms with E-state index in [1.807, 2.05) is 0 Å². The average molecular weight is 949 g/mol. The monoisotopic (exact) mass is 949 g/mol. The molecule has 0 spiro atoms. The third-order valence-corrected chi connectivity index (χ3v) is 15.5. The number of rotatable bonds is 4. The zero-order valence-corrected chi connectivity index (χ0v) is 46.6. The number of anilines is 6. The van der Waals surface area contributed by atoms with Gasteiger partial charge in [-0.2, -0.15) is 0 Å². The highest BCUT2D eigenvalue weighted by Crippen LogP contribution is 2.50. The number of benzene rings is 7. The molecule has 0 saturated carbocycles. The van der Waals surface area contributed by atoms with Crippen molar-refractivity contribution in [2.24, 2.45) is 0 Å². The zero-order chi connectivity index (χ0) is 51.8. The van der Waals surface area contributed by atoms with Gasteiger partial charge in [0.25, 0.3) is 6.71 Å². The Bertz CT molecular complexity index is 3350. The van der Waals surface area contributed by atoms with Crippen LogP contribution in [0.3, 0.4) is 0 Å². The normalized spacial score (nSPS) is 14.2. The van der Waals surface area contributed by atoms with Crippen LogP contribution in [0.4, 0.5) is 34.1 Å². The second kappa shape index (κ2) is 16.6. The molecule has 0 radical (unpaired) electrons. The van der Waals surface area contributed by atoms with Gasteiger partial charge in [-0.15, -0.1) is 0 Å². The molecule has 4 nitrogen and oxygen atoms in total. The molecule has 0 atom stereocenters. The summed E-state index contributed by atoms with van der Waals surface area (Å²) in [6, 6.07) is 54.0. The molecule has 3 heterocycles. The summed E-state index contributed by atoms with van der Waals surface area (Å²) in [6.07, 6.45) is 0. The van der Waals surface area contributed by atoms with Crippen LogP contribution in [0, 0.1) is 0 Å². The van der Waals surface area contributed by atoms with Crippen molar-refractivity contribution in [2.75, 3.05) is 9.80 Å². The molecule has 2 aliphatic heterocycles. The van der Waals surface area contributed by atoms with Gasteiger partial charge in [0.1, 0.15) is 11.3 Å². The van der Waals surface area contributed by atoms with Gasteiger partial charge in [0.15, 0.2) is 0 Å². The Kier molecular flexibility index (Phi) is 11.4. The van der Waals surface area contributed by atoms with Crippen molar-refractivity contribution in [1.29, 1.82) is 0 Å². The van der Waals surface area contributed by atoms with Gasteiger partial charge in [0.2, 0.25) is 0 Å². The Hall–Kier alpha value is -6.33. The van der Waals surface area contributed by atoms with Crippen molar-refractivity contribution in [3.8, 4) is 17.1 Å². The molecule has 0 N–H and O–H groups in total. The van der Waals surface area contributed by atoms with Crippen molar-refractivity contribution >= 4 is 68.3 Å². The SMILES string of the molecule is CC(C)(C)c1ccc(N2c3ccc(C(C)(C)C)cc3B3c4ccc5c(nc(-c6ccccc6)n5-c5ccc(C(C)(C)C)cc5)c4N(c4cc(C(C)(C)C)cc(C(C)(C)C)c4)c4cc(C(C)(C)C)cc2c43)cc1. The largest absolute Gasteiger partial charge is 0.311 e. The van der Waals surface area contributed by atoms with Gasteiger partial charge >= 0.3 is 0 Å². The number of hydrogen-bond donors (Lipinski definition) is 0. The van der Waals surface area contributed by atoms with E-state index in [4.69, 9.17) is 4.98 Å². The minimum Gasteiger partial charge on any atom is -0.311 e. The fourth-order valence-corrected chi connectivity index (χ4v) is 10.9. The van der Waals surface area contributed by atoms with Gasteiger partial charge in [-0.3, -0.25) is 4.57 Å². The maximum absolute atomic E-state index is 5.93. The minimum absolute atomic E-state index is 0.0254. The maximum Gasteiger partial charge on any atom is 0.252 e. The van der Waals surface area contributed by atoms with Gasteiger partial charge in [-0.25, -0.2) is 4.98 Å². The van der Waals surface area contributed by atoms with Crippen LogP contribution in [0.2, 0.25) is 0 Å². The molecule has 0 bridgehead atoms.